The minimum Gasteiger partial charge on any atom is -0.508 e. The lowest BCUT2D eigenvalue weighted by Crippen LogP contribution is -2.03. The van der Waals surface area contributed by atoms with Gasteiger partial charge < -0.3 is 38.9 Å². The normalized spacial score (nSPS) is 10.7. The standard InChI is InChI=1S/C21H13ClN4.C21H14N4O.C21H14N4.C20H14ClN3.C20H15N3O/c22-17-11-15(10-14-8-4-5-9-16(14)17)20-19(13-6-2-1-3-7-13)26-21(24)18(12-23)25-20;22-12-17-21(23)25-19(13-5-2-1-3-6-13)20(24-17)15-9-10-16-14(11-15)7-4-8-18(16)26;1-23-18-9-5-8-15-12-16(10-11-17(15)18)20-21(25-19(22)13-24-20)14-6-3-2-4-7-14;21-17-11-15(10-14-8-4-5-9-16(14)17)19-20(24-18(22)12-23-19)13-6-2-1-3-7-13;21-18-12-22-19(20(23-18)13-4-2-1-3-5-13)16-7-6-15-11-17(24)9-8-14(15)10-16/h1-11H,(H2,24,26);1-11,26H,(H2,23,25);2-13H,(H2,22,25);1-12H,(H2,22,24);1-12,24H,(H2,21,23). The van der Waals surface area contributed by atoms with Gasteiger partial charge in [0.2, 0.25) is 0 Å². The second-order valence-corrected chi connectivity index (χ2v) is 29.3. The largest absolute Gasteiger partial charge is 0.508 e. The van der Waals surface area contributed by atoms with Gasteiger partial charge in [0.05, 0.1) is 82.1 Å². The monoisotopic (exact) mass is 1660 g/mol. The van der Waals surface area contributed by atoms with E-state index in [2.05, 4.69) is 60.8 Å². The highest BCUT2D eigenvalue weighted by Gasteiger charge is 2.22. The molecular formula is C103H70Cl2N18O2. The molecule has 20 nitrogen and oxygen atoms in total. The first-order chi connectivity index (χ1) is 61.0. The number of benzene rings is 15. The fraction of sp³-hybridized carbons (Fsp3) is 0. The number of phenolic OH excluding ortho intramolecular Hbond substituents is 2. The van der Waals surface area contributed by atoms with Gasteiger partial charge in [-0.25, -0.2) is 39.7 Å². The number of halogens is 2. The van der Waals surface area contributed by atoms with Crippen LogP contribution in [0.1, 0.15) is 11.4 Å². The SMILES string of the molecule is N#Cc1nc(-c2cc(Cl)c3ccccc3c2)c(-c2ccccc2)nc1N.N#Cc1nc(-c2ccc3c(O)cccc3c2)c(-c2ccccc2)nc1N.Nc1cnc(-c2cc(Cl)c3ccccc3c2)c(-c2ccccc2)n1.Nc1cnc(-c2ccc3cc(O)ccc3c2)c(-c2ccccc2)n1.[C-]#[N+]c1cccc2cc(-c3ncc(N)nc3-c3ccccc3)ccc12. The molecule has 22 heteroatoms. The molecule has 0 unspecified atom stereocenters. The maximum atomic E-state index is 10.00. The van der Waals surface area contributed by atoms with Gasteiger partial charge in [-0.15, -0.1) is 0 Å². The Bertz CT molecular complexity index is 7570. The Morgan fingerprint density at radius 1 is 0.272 bits per heavy atom. The van der Waals surface area contributed by atoms with Crippen LogP contribution in [-0.2, 0) is 0 Å². The highest BCUT2D eigenvalue weighted by Crippen LogP contribution is 2.41. The summed E-state index contributed by atoms with van der Waals surface area (Å²) in [6.45, 7) is 7.30. The van der Waals surface area contributed by atoms with Crippen LogP contribution in [0.5, 0.6) is 11.5 Å². The molecule has 5 aromatic heterocycles. The minimum absolute atomic E-state index is 0.0932. The summed E-state index contributed by atoms with van der Waals surface area (Å²) < 4.78 is 0. The zero-order chi connectivity index (χ0) is 86.5. The number of nitrogens with zero attached hydrogens (tertiary/aromatic N) is 13. The van der Waals surface area contributed by atoms with E-state index in [0.29, 0.717) is 56.0 Å². The topological polar surface area (TPSA) is 351 Å². The van der Waals surface area contributed by atoms with Crippen molar-refractivity contribution in [3.05, 3.63) is 385 Å². The number of anilines is 5. The van der Waals surface area contributed by atoms with Crippen molar-refractivity contribution in [2.24, 2.45) is 0 Å². The molecule has 0 aliphatic heterocycles. The van der Waals surface area contributed by atoms with Crippen molar-refractivity contribution < 1.29 is 10.2 Å². The summed E-state index contributed by atoms with van der Waals surface area (Å²) in [5.41, 5.74) is 46.3. The van der Waals surface area contributed by atoms with E-state index in [-0.39, 0.29) is 34.5 Å². The van der Waals surface area contributed by atoms with E-state index in [1.807, 2.05) is 315 Å². The number of nitrogen functional groups attached to an aromatic ring is 5. The molecule has 0 saturated heterocycles. The van der Waals surface area contributed by atoms with Crippen LogP contribution in [-0.4, -0.2) is 60.1 Å². The number of aromatic nitrogens is 10. The molecule has 598 valence electrons. The van der Waals surface area contributed by atoms with E-state index in [0.717, 1.165) is 144 Å². The summed E-state index contributed by atoms with van der Waals surface area (Å²) >= 11 is 12.9. The summed E-state index contributed by atoms with van der Waals surface area (Å²) in [6.07, 6.45) is 4.72. The molecule has 20 rings (SSSR count). The van der Waals surface area contributed by atoms with Crippen LogP contribution in [0.3, 0.4) is 0 Å². The number of hydrogen-bond acceptors (Lipinski definition) is 19. The van der Waals surface area contributed by atoms with Crippen molar-refractivity contribution in [1.29, 1.82) is 10.5 Å². The van der Waals surface area contributed by atoms with Gasteiger partial charge in [0.25, 0.3) is 0 Å². The summed E-state index contributed by atoms with van der Waals surface area (Å²) in [5, 5.41) is 49.1. The summed E-state index contributed by atoms with van der Waals surface area (Å²) in [7, 11) is 0. The lowest BCUT2D eigenvalue weighted by Gasteiger charge is -2.12. The van der Waals surface area contributed by atoms with Crippen molar-refractivity contribution in [1.82, 2.24) is 49.8 Å². The van der Waals surface area contributed by atoms with Crippen LogP contribution >= 0.6 is 23.2 Å². The number of hydrogen-bond donors (Lipinski definition) is 7. The van der Waals surface area contributed by atoms with Gasteiger partial charge in [0.1, 0.15) is 41.1 Å². The van der Waals surface area contributed by atoms with Gasteiger partial charge in [-0.2, -0.15) is 10.5 Å². The predicted molar refractivity (Wildman–Crippen MR) is 503 cm³/mol. The van der Waals surface area contributed by atoms with Crippen molar-refractivity contribution >= 4 is 112 Å². The Labute approximate surface area is 727 Å². The number of rotatable bonds is 10. The van der Waals surface area contributed by atoms with Crippen LogP contribution in [0.2, 0.25) is 10.0 Å². The third kappa shape index (κ3) is 18.2. The fourth-order valence-electron chi connectivity index (χ4n) is 14.4. The molecular weight excluding hydrogens is 1590 g/mol. The smallest absolute Gasteiger partial charge is 0.194 e. The number of nitrogens with two attached hydrogens (primary N) is 5. The molecule has 5 heterocycles. The van der Waals surface area contributed by atoms with Gasteiger partial charge in [-0.3, -0.25) is 15.0 Å². The average molecular weight is 1660 g/mol. The number of nitriles is 2. The molecule has 0 radical (unpaired) electrons. The zero-order valence-corrected chi connectivity index (χ0v) is 67.8. The minimum atomic E-state index is 0.0932. The van der Waals surface area contributed by atoms with E-state index in [1.165, 1.54) is 0 Å². The first-order valence-electron chi connectivity index (χ1n) is 39.1. The Kier molecular flexibility index (Phi) is 24.0. The molecule has 0 fully saturated rings. The molecule has 0 amide bonds. The van der Waals surface area contributed by atoms with E-state index in [4.69, 9.17) is 58.4 Å². The second kappa shape index (κ2) is 36.9. The number of aromatic hydroxyl groups is 2. The quantitative estimate of drug-likeness (QED) is 0.0625. The second-order valence-electron chi connectivity index (χ2n) is 28.5. The van der Waals surface area contributed by atoms with Crippen LogP contribution in [0.4, 0.5) is 34.8 Å². The van der Waals surface area contributed by atoms with Crippen LogP contribution in [0.15, 0.2) is 352 Å². The van der Waals surface area contributed by atoms with E-state index in [1.54, 1.807) is 42.9 Å². The Balaban J connectivity index is 0.000000115. The van der Waals surface area contributed by atoms with Gasteiger partial charge in [0.15, 0.2) is 28.7 Å². The van der Waals surface area contributed by atoms with Crippen LogP contribution < -0.4 is 28.7 Å². The highest BCUT2D eigenvalue weighted by atomic mass is 35.5. The first kappa shape index (κ1) is 81.4. The highest BCUT2D eigenvalue weighted by molar-refractivity contribution is 6.36. The summed E-state index contributed by atoms with van der Waals surface area (Å²) in [4.78, 5) is 48.5. The molecule has 0 saturated carbocycles. The molecule has 125 heavy (non-hydrogen) atoms. The van der Waals surface area contributed by atoms with Gasteiger partial charge in [-0.05, 0) is 104 Å². The summed E-state index contributed by atoms with van der Waals surface area (Å²) in [6, 6.07) is 111. The maximum Gasteiger partial charge on any atom is 0.194 e. The third-order valence-corrected chi connectivity index (χ3v) is 20.9. The van der Waals surface area contributed by atoms with Crippen molar-refractivity contribution in [2.45, 2.75) is 0 Å². The van der Waals surface area contributed by atoms with Crippen molar-refractivity contribution in [3.63, 3.8) is 0 Å². The Morgan fingerprint density at radius 3 is 1.02 bits per heavy atom. The third-order valence-electron chi connectivity index (χ3n) is 20.3. The lowest BCUT2D eigenvalue weighted by molar-refractivity contribution is 0.476. The van der Waals surface area contributed by atoms with Gasteiger partial charge in [0, 0.05) is 81.8 Å². The van der Waals surface area contributed by atoms with Gasteiger partial charge >= 0.3 is 0 Å². The Hall–Kier alpha value is -17.4. The molecule has 15 aromatic carbocycles. The molecule has 0 bridgehead atoms. The van der Waals surface area contributed by atoms with Crippen LogP contribution in [0, 0.1) is 29.2 Å². The van der Waals surface area contributed by atoms with Crippen molar-refractivity contribution in [2.75, 3.05) is 28.7 Å². The zero-order valence-electron chi connectivity index (χ0n) is 66.3. The van der Waals surface area contributed by atoms with Crippen molar-refractivity contribution in [3.8, 4) is 136 Å². The number of fused-ring (bicyclic) bond motifs is 5. The average Bonchev–Trinajstić information content (AvgIpc) is 0.787. The molecule has 0 aliphatic carbocycles. The maximum absolute atomic E-state index is 10.00. The number of phenols is 2. The molecule has 0 aliphatic rings. The van der Waals surface area contributed by atoms with Crippen LogP contribution in [0.25, 0.3) is 171 Å². The first-order valence-corrected chi connectivity index (χ1v) is 39.8. The van der Waals surface area contributed by atoms with E-state index in [9.17, 15) is 20.7 Å². The molecule has 20 aromatic rings. The predicted octanol–water partition coefficient (Wildman–Crippen LogP) is 23.7. The summed E-state index contributed by atoms with van der Waals surface area (Å²) in [5.74, 6) is 1.87. The lowest BCUT2D eigenvalue weighted by atomic mass is 10.0. The van der Waals surface area contributed by atoms with E-state index < -0.39 is 0 Å². The molecule has 0 spiro atoms. The fourth-order valence-corrected chi connectivity index (χ4v) is 15.0. The van der Waals surface area contributed by atoms with Gasteiger partial charge in [-0.1, -0.05) is 290 Å². The molecule has 12 N–H and O–H groups in total. The molecule has 0 atom stereocenters. The van der Waals surface area contributed by atoms with E-state index >= 15 is 0 Å². The Morgan fingerprint density at radius 2 is 0.584 bits per heavy atom.